The molecule has 8 rings (SSSR count). The molecule has 1 aliphatic heterocycles. The van der Waals surface area contributed by atoms with Gasteiger partial charge in [0.2, 0.25) is 0 Å². The molecule has 1 heterocycles. The molecule has 0 aromatic heterocycles. The summed E-state index contributed by atoms with van der Waals surface area (Å²) < 4.78 is 33.9. The smallest absolute Gasteiger partial charge is 0.339 e. The van der Waals surface area contributed by atoms with Crippen molar-refractivity contribution < 1.29 is 17.4 Å². The highest BCUT2D eigenvalue weighted by Gasteiger charge is 2.45. The molecule has 1 amide bonds. The summed E-state index contributed by atoms with van der Waals surface area (Å²) >= 11 is 0. The summed E-state index contributed by atoms with van der Waals surface area (Å²) in [6.45, 7) is 1.90. The molecule has 7 aromatic carbocycles. The van der Waals surface area contributed by atoms with Crippen molar-refractivity contribution in [2.24, 2.45) is 0 Å². The molecule has 240 valence electrons. The molecule has 1 N–H and O–H groups in total. The van der Waals surface area contributed by atoms with E-state index in [0.717, 1.165) is 43.9 Å². The fourth-order valence-corrected chi connectivity index (χ4v) is 7.95. The number of hydrogen-bond donors (Lipinski definition) is 1. The van der Waals surface area contributed by atoms with Gasteiger partial charge in [-0.25, -0.2) is 0 Å². The lowest BCUT2D eigenvalue weighted by Gasteiger charge is -2.33. The quantitative estimate of drug-likeness (QED) is 0.173. The molecule has 1 aliphatic rings. The summed E-state index contributed by atoms with van der Waals surface area (Å²) in [5.41, 5.74) is 8.21. The van der Waals surface area contributed by atoms with Crippen molar-refractivity contribution in [2.75, 3.05) is 5.01 Å². The van der Waals surface area contributed by atoms with Crippen molar-refractivity contribution in [3.05, 3.63) is 186 Å². The molecule has 0 aliphatic carbocycles. The number of nitrogens with one attached hydrogen (secondary N) is 1. The van der Waals surface area contributed by atoms with Crippen LogP contribution in [0.4, 0.5) is 5.69 Å². The van der Waals surface area contributed by atoms with Gasteiger partial charge >= 0.3 is 10.1 Å². The van der Waals surface area contributed by atoms with Gasteiger partial charge in [-0.05, 0) is 76.0 Å². The van der Waals surface area contributed by atoms with E-state index in [-0.39, 0.29) is 22.5 Å². The van der Waals surface area contributed by atoms with Crippen molar-refractivity contribution >= 4 is 43.3 Å². The largest absolute Gasteiger partial charge is 0.379 e. The van der Waals surface area contributed by atoms with Gasteiger partial charge in [-0.3, -0.25) is 15.2 Å². The van der Waals surface area contributed by atoms with Gasteiger partial charge in [-0.2, -0.15) is 8.42 Å². The van der Waals surface area contributed by atoms with Gasteiger partial charge < -0.3 is 4.18 Å². The second kappa shape index (κ2) is 12.3. The van der Waals surface area contributed by atoms with Gasteiger partial charge in [0.15, 0.2) is 0 Å². The maximum absolute atomic E-state index is 14.0. The Bertz CT molecular complexity index is 2450. The lowest BCUT2D eigenvalue weighted by atomic mass is 9.81. The third-order valence-electron chi connectivity index (χ3n) is 9.26. The Hall–Kier alpha value is -5.92. The molecule has 0 spiro atoms. The van der Waals surface area contributed by atoms with E-state index in [4.69, 9.17) is 4.18 Å². The highest BCUT2D eigenvalue weighted by atomic mass is 32.2. The van der Waals surface area contributed by atoms with E-state index in [1.165, 1.54) is 0 Å². The van der Waals surface area contributed by atoms with Crippen LogP contribution in [0.5, 0.6) is 5.75 Å². The highest BCUT2D eigenvalue weighted by Crippen LogP contribution is 2.56. The first-order chi connectivity index (χ1) is 23.9. The van der Waals surface area contributed by atoms with Crippen LogP contribution in [0.1, 0.15) is 44.6 Å². The number of rotatable bonds is 7. The van der Waals surface area contributed by atoms with Crippen LogP contribution in [0.2, 0.25) is 0 Å². The van der Waals surface area contributed by atoms with Gasteiger partial charge in [0.05, 0.1) is 11.7 Å². The van der Waals surface area contributed by atoms with Crippen molar-refractivity contribution in [3.8, 4) is 5.75 Å². The first kappa shape index (κ1) is 30.4. The average molecular weight is 661 g/mol. The molecule has 49 heavy (non-hydrogen) atoms. The molecule has 6 nitrogen and oxygen atoms in total. The summed E-state index contributed by atoms with van der Waals surface area (Å²) in [6.07, 6.45) is 0. The van der Waals surface area contributed by atoms with E-state index in [0.29, 0.717) is 11.1 Å². The van der Waals surface area contributed by atoms with Crippen LogP contribution < -0.4 is 14.6 Å². The molecule has 1 unspecified atom stereocenters. The first-order valence-corrected chi connectivity index (χ1v) is 17.5. The Labute approximate surface area is 285 Å². The summed E-state index contributed by atoms with van der Waals surface area (Å²) in [4.78, 5) is 14.1. The third kappa shape index (κ3) is 5.48. The fraction of sp³-hybridized carbons (Fsp3) is 0.0714. The summed E-state index contributed by atoms with van der Waals surface area (Å²) in [5, 5.41) is 5.75. The van der Waals surface area contributed by atoms with E-state index in [2.05, 4.69) is 35.8 Å². The second-order valence-corrected chi connectivity index (χ2v) is 13.8. The Morgan fingerprint density at radius 2 is 1.20 bits per heavy atom. The minimum absolute atomic E-state index is 0.0618. The van der Waals surface area contributed by atoms with Crippen LogP contribution in [-0.2, 0) is 10.1 Å². The molecule has 7 heteroatoms. The zero-order valence-corrected chi connectivity index (χ0v) is 27.5. The fourth-order valence-electron chi connectivity index (χ4n) is 7.00. The topological polar surface area (TPSA) is 75.7 Å². The van der Waals surface area contributed by atoms with Crippen molar-refractivity contribution in [1.82, 2.24) is 5.43 Å². The molecule has 0 radical (unpaired) electrons. The van der Waals surface area contributed by atoms with Crippen LogP contribution in [0.15, 0.2) is 163 Å². The summed E-state index contributed by atoms with van der Waals surface area (Å²) in [7, 11) is -4.22. The average Bonchev–Trinajstić information content (AvgIpc) is 3.46. The maximum atomic E-state index is 14.0. The van der Waals surface area contributed by atoms with Crippen LogP contribution in [-0.4, -0.2) is 14.3 Å². The van der Waals surface area contributed by atoms with Crippen LogP contribution >= 0.6 is 0 Å². The number of carbonyl (C=O) groups is 1. The van der Waals surface area contributed by atoms with Crippen molar-refractivity contribution in [3.63, 3.8) is 0 Å². The van der Waals surface area contributed by atoms with E-state index in [9.17, 15) is 13.2 Å². The number of hydrogen-bond acceptors (Lipinski definition) is 5. The predicted octanol–water partition coefficient (Wildman–Crippen LogP) is 9.11. The molecule has 7 aromatic rings. The third-order valence-corrected chi connectivity index (χ3v) is 10.5. The van der Waals surface area contributed by atoms with Gasteiger partial charge in [0, 0.05) is 17.0 Å². The summed E-state index contributed by atoms with van der Waals surface area (Å²) in [6, 6.07) is 49.0. The highest BCUT2D eigenvalue weighted by molar-refractivity contribution is 7.87. The van der Waals surface area contributed by atoms with Crippen molar-refractivity contribution in [2.45, 2.75) is 23.8 Å². The van der Waals surface area contributed by atoms with Gasteiger partial charge in [-0.15, -0.1) is 0 Å². The molecule has 0 saturated heterocycles. The zero-order chi connectivity index (χ0) is 33.5. The normalized spacial score (nSPS) is 15.7. The SMILES string of the molecule is Cc1ccc(S(=O)(=O)Oc2ccc3ccccc3c2[C@H]2C(c3ccccc3)c3c(ccc4ccccc34)N2NC(=O)c2ccccc2)cc1. The number of aryl methyl sites for hydroxylation is 1. The number of benzene rings is 7. The first-order valence-electron chi connectivity index (χ1n) is 16.1. The number of hydrazine groups is 1. The Morgan fingerprint density at radius 3 is 1.88 bits per heavy atom. The van der Waals surface area contributed by atoms with E-state index < -0.39 is 16.2 Å². The number of carbonyl (C=O) groups excluding carboxylic acids is 1. The molecule has 2 atom stereocenters. The number of fused-ring (bicyclic) bond motifs is 4. The minimum atomic E-state index is -4.22. The van der Waals surface area contributed by atoms with Gasteiger partial charge in [-0.1, -0.05) is 127 Å². The van der Waals surface area contributed by atoms with Crippen LogP contribution in [0.25, 0.3) is 21.5 Å². The van der Waals surface area contributed by atoms with Crippen molar-refractivity contribution in [1.29, 1.82) is 0 Å². The molecular formula is C42H32N2O4S. The Balaban J connectivity index is 1.41. The Morgan fingerprint density at radius 1 is 0.633 bits per heavy atom. The van der Waals surface area contributed by atoms with Gasteiger partial charge in [0.1, 0.15) is 10.6 Å². The van der Waals surface area contributed by atoms with Crippen LogP contribution in [0, 0.1) is 6.92 Å². The minimum Gasteiger partial charge on any atom is -0.379 e. The Kier molecular flexibility index (Phi) is 7.62. The van der Waals surface area contributed by atoms with E-state index >= 15 is 0 Å². The number of amides is 1. The van der Waals surface area contributed by atoms with Gasteiger partial charge in [0.25, 0.3) is 5.91 Å². The lowest BCUT2D eigenvalue weighted by molar-refractivity contribution is 0.0945. The monoisotopic (exact) mass is 660 g/mol. The zero-order valence-electron chi connectivity index (χ0n) is 26.7. The standard InChI is InChI=1S/C42H32N2O4S/c1-28-20-24-33(25-21-28)49(46,47)48-37-27-23-30-13-9-11-19-35(30)40(37)41-38(31-14-4-2-5-15-31)39-34-18-10-8-12-29(34)22-26-36(39)44(41)43-42(45)32-16-6-3-7-17-32/h2-27,38,41H,1H3,(H,43,45)/t38?,41-/m1/s1. The molecular weight excluding hydrogens is 629 g/mol. The van der Waals surface area contributed by atoms with Crippen LogP contribution in [0.3, 0.4) is 0 Å². The number of anilines is 1. The molecule has 0 fully saturated rings. The van der Waals surface area contributed by atoms with E-state index in [1.807, 2.05) is 96.9 Å². The second-order valence-electron chi connectivity index (χ2n) is 12.3. The molecule has 0 saturated carbocycles. The maximum Gasteiger partial charge on any atom is 0.339 e. The lowest BCUT2D eigenvalue weighted by Crippen LogP contribution is -2.44. The van der Waals surface area contributed by atoms with E-state index in [1.54, 1.807) is 42.5 Å². The predicted molar refractivity (Wildman–Crippen MR) is 194 cm³/mol. The molecule has 0 bridgehead atoms. The summed E-state index contributed by atoms with van der Waals surface area (Å²) in [5.74, 6) is -0.414. The number of nitrogens with zero attached hydrogens (tertiary/aromatic N) is 1.